The highest BCUT2D eigenvalue weighted by Gasteiger charge is 2.30. The van der Waals surface area contributed by atoms with Crippen molar-refractivity contribution in [1.29, 1.82) is 0 Å². The van der Waals surface area contributed by atoms with Gasteiger partial charge in [0.05, 0.1) is 5.75 Å². The van der Waals surface area contributed by atoms with Crippen LogP contribution in [-0.2, 0) is 10.0 Å². The Morgan fingerprint density at radius 3 is 2.44 bits per heavy atom. The molecule has 0 amide bonds. The molecule has 108 valence electrons. The van der Waals surface area contributed by atoms with E-state index in [1.807, 2.05) is 0 Å². The van der Waals surface area contributed by atoms with E-state index >= 15 is 0 Å². The largest absolute Gasteiger partial charge is 0.330 e. The van der Waals surface area contributed by atoms with Crippen LogP contribution in [0, 0.1) is 11.8 Å². The van der Waals surface area contributed by atoms with Crippen molar-refractivity contribution in [2.75, 3.05) is 25.4 Å². The van der Waals surface area contributed by atoms with Crippen LogP contribution in [0.2, 0.25) is 0 Å². The number of hydrogen-bond acceptors (Lipinski definition) is 3. The third-order valence-corrected chi connectivity index (χ3v) is 5.80. The Hall–Kier alpha value is 0.160. The molecule has 0 bridgehead atoms. The Labute approximate surface area is 117 Å². The first-order valence-corrected chi connectivity index (χ1v) is 8.40. The van der Waals surface area contributed by atoms with E-state index in [0.29, 0.717) is 37.2 Å². The van der Waals surface area contributed by atoms with Gasteiger partial charge in [0, 0.05) is 13.1 Å². The maximum absolute atomic E-state index is 12.2. The van der Waals surface area contributed by atoms with Gasteiger partial charge in [0.25, 0.3) is 0 Å². The third-order valence-electron chi connectivity index (χ3n) is 3.93. The summed E-state index contributed by atoms with van der Waals surface area (Å²) >= 11 is 0. The van der Waals surface area contributed by atoms with E-state index in [4.69, 9.17) is 5.73 Å². The second kappa shape index (κ2) is 7.08. The maximum atomic E-state index is 12.2. The molecule has 0 aromatic heterocycles. The number of hydrogen-bond donors (Lipinski definition) is 1. The zero-order valence-electron chi connectivity index (χ0n) is 10.9. The second-order valence-electron chi connectivity index (χ2n) is 5.49. The van der Waals surface area contributed by atoms with E-state index in [0.717, 1.165) is 25.7 Å². The Balaban J connectivity index is 0.00000162. The lowest BCUT2D eigenvalue weighted by molar-refractivity contribution is 0.258. The molecule has 1 atom stereocenters. The molecule has 0 aromatic carbocycles. The van der Waals surface area contributed by atoms with Crippen molar-refractivity contribution in [3.8, 4) is 0 Å². The van der Waals surface area contributed by atoms with Crippen LogP contribution >= 0.6 is 12.4 Å². The van der Waals surface area contributed by atoms with Crippen LogP contribution in [0.3, 0.4) is 0 Å². The van der Waals surface area contributed by atoms with Crippen LogP contribution < -0.4 is 5.73 Å². The molecular formula is C12H25ClN2O2S. The van der Waals surface area contributed by atoms with Gasteiger partial charge in [0.1, 0.15) is 0 Å². The molecule has 1 saturated heterocycles. The summed E-state index contributed by atoms with van der Waals surface area (Å²) in [4.78, 5) is 0. The Bertz CT molecular complexity index is 342. The average molecular weight is 297 g/mol. The van der Waals surface area contributed by atoms with Crippen LogP contribution in [0.25, 0.3) is 0 Å². The standard InChI is InChI=1S/C12H24N2O2S.ClH/c13-7-5-12-2-1-8-14(10-12)17(15,16)9-6-11-3-4-11;/h11-12H,1-10,13H2;1H. The zero-order chi connectivity index (χ0) is 12.3. The lowest BCUT2D eigenvalue weighted by Gasteiger charge is -2.31. The summed E-state index contributed by atoms with van der Waals surface area (Å²) in [6, 6.07) is 0. The number of nitrogens with zero attached hydrogens (tertiary/aromatic N) is 1. The fourth-order valence-electron chi connectivity index (χ4n) is 2.60. The summed E-state index contributed by atoms with van der Waals surface area (Å²) in [7, 11) is -3.00. The van der Waals surface area contributed by atoms with Gasteiger partial charge in [-0.3, -0.25) is 0 Å². The lowest BCUT2D eigenvalue weighted by atomic mass is 9.96. The van der Waals surface area contributed by atoms with Gasteiger partial charge >= 0.3 is 0 Å². The van der Waals surface area contributed by atoms with Crippen molar-refractivity contribution < 1.29 is 8.42 Å². The number of piperidine rings is 1. The molecule has 2 N–H and O–H groups in total. The summed E-state index contributed by atoms with van der Waals surface area (Å²) in [5.41, 5.74) is 5.55. The molecule has 0 radical (unpaired) electrons. The smallest absolute Gasteiger partial charge is 0.214 e. The molecule has 6 heteroatoms. The molecule has 0 spiro atoms. The van der Waals surface area contributed by atoms with Gasteiger partial charge in [-0.05, 0) is 44.1 Å². The fourth-order valence-corrected chi connectivity index (χ4v) is 4.34. The molecule has 2 fully saturated rings. The van der Waals surface area contributed by atoms with Crippen LogP contribution in [0.1, 0.15) is 38.5 Å². The van der Waals surface area contributed by atoms with E-state index < -0.39 is 10.0 Å². The summed E-state index contributed by atoms with van der Waals surface area (Å²) in [5.74, 6) is 1.52. The minimum atomic E-state index is -3.00. The summed E-state index contributed by atoms with van der Waals surface area (Å²) in [5, 5.41) is 0. The molecule has 2 aliphatic rings. The van der Waals surface area contributed by atoms with E-state index in [1.54, 1.807) is 4.31 Å². The fraction of sp³-hybridized carbons (Fsp3) is 1.00. The van der Waals surface area contributed by atoms with Crippen molar-refractivity contribution >= 4 is 22.4 Å². The van der Waals surface area contributed by atoms with Gasteiger partial charge in [-0.15, -0.1) is 12.4 Å². The van der Waals surface area contributed by atoms with E-state index in [-0.39, 0.29) is 12.4 Å². The molecule has 18 heavy (non-hydrogen) atoms. The number of rotatable bonds is 6. The predicted octanol–water partition coefficient (Wildman–Crippen LogP) is 1.60. The van der Waals surface area contributed by atoms with Gasteiger partial charge in [0.15, 0.2) is 0 Å². The third kappa shape index (κ3) is 4.68. The predicted molar refractivity (Wildman–Crippen MR) is 76.3 cm³/mol. The quantitative estimate of drug-likeness (QED) is 0.810. The van der Waals surface area contributed by atoms with Crippen molar-refractivity contribution in [3.05, 3.63) is 0 Å². The molecule has 1 saturated carbocycles. The lowest BCUT2D eigenvalue weighted by Crippen LogP contribution is -2.41. The van der Waals surface area contributed by atoms with Crippen molar-refractivity contribution in [3.63, 3.8) is 0 Å². The topological polar surface area (TPSA) is 63.4 Å². The Morgan fingerprint density at radius 2 is 1.83 bits per heavy atom. The van der Waals surface area contributed by atoms with E-state index in [9.17, 15) is 8.42 Å². The first kappa shape index (κ1) is 16.2. The SMILES string of the molecule is Cl.NCCC1CCCN(S(=O)(=O)CCC2CC2)C1. The molecular weight excluding hydrogens is 272 g/mol. The summed E-state index contributed by atoms with van der Waals surface area (Å²) < 4.78 is 26.0. The van der Waals surface area contributed by atoms with Crippen molar-refractivity contribution in [2.45, 2.75) is 38.5 Å². The van der Waals surface area contributed by atoms with Crippen LogP contribution in [0.15, 0.2) is 0 Å². The van der Waals surface area contributed by atoms with Crippen molar-refractivity contribution in [1.82, 2.24) is 4.31 Å². The van der Waals surface area contributed by atoms with Gasteiger partial charge in [-0.1, -0.05) is 12.8 Å². The molecule has 1 aliphatic heterocycles. The first-order valence-electron chi connectivity index (χ1n) is 6.79. The molecule has 0 aromatic rings. The monoisotopic (exact) mass is 296 g/mol. The van der Waals surface area contributed by atoms with Gasteiger partial charge in [0.2, 0.25) is 10.0 Å². The number of sulfonamides is 1. The molecule has 1 heterocycles. The molecule has 2 rings (SSSR count). The first-order chi connectivity index (χ1) is 8.12. The highest BCUT2D eigenvalue weighted by molar-refractivity contribution is 7.89. The van der Waals surface area contributed by atoms with Crippen LogP contribution in [0.4, 0.5) is 0 Å². The Morgan fingerprint density at radius 1 is 1.11 bits per heavy atom. The van der Waals surface area contributed by atoms with Gasteiger partial charge in [-0.25, -0.2) is 12.7 Å². The second-order valence-corrected chi connectivity index (χ2v) is 7.58. The van der Waals surface area contributed by atoms with E-state index in [1.165, 1.54) is 12.8 Å². The number of nitrogens with two attached hydrogens (primary N) is 1. The Kier molecular flexibility index (Phi) is 6.38. The molecule has 1 unspecified atom stereocenters. The average Bonchev–Trinajstić information content (AvgIpc) is 3.11. The van der Waals surface area contributed by atoms with Crippen molar-refractivity contribution in [2.24, 2.45) is 17.6 Å². The van der Waals surface area contributed by atoms with Crippen LogP contribution in [-0.4, -0.2) is 38.1 Å². The molecule has 4 nitrogen and oxygen atoms in total. The minimum Gasteiger partial charge on any atom is -0.330 e. The summed E-state index contributed by atoms with van der Waals surface area (Å²) in [6.07, 6.45) is 6.39. The van der Waals surface area contributed by atoms with Gasteiger partial charge in [-0.2, -0.15) is 0 Å². The maximum Gasteiger partial charge on any atom is 0.214 e. The highest BCUT2D eigenvalue weighted by atomic mass is 35.5. The zero-order valence-corrected chi connectivity index (χ0v) is 12.5. The minimum absolute atomic E-state index is 0. The van der Waals surface area contributed by atoms with E-state index in [2.05, 4.69) is 0 Å². The van der Waals surface area contributed by atoms with Crippen LogP contribution in [0.5, 0.6) is 0 Å². The molecule has 1 aliphatic carbocycles. The van der Waals surface area contributed by atoms with Gasteiger partial charge < -0.3 is 5.73 Å². The normalized spacial score (nSPS) is 25.7. The highest BCUT2D eigenvalue weighted by Crippen LogP contribution is 2.33. The number of halogens is 1. The summed E-state index contributed by atoms with van der Waals surface area (Å²) in [6.45, 7) is 2.08.